The van der Waals surface area contributed by atoms with Gasteiger partial charge in [0.25, 0.3) is 5.76 Å². The lowest BCUT2D eigenvalue weighted by atomic mass is 10.0. The molecule has 0 aromatic carbocycles. The van der Waals surface area contributed by atoms with E-state index in [1.54, 1.807) is 6.07 Å². The molecule has 0 spiro atoms. The van der Waals surface area contributed by atoms with Gasteiger partial charge in [0, 0.05) is 0 Å². The van der Waals surface area contributed by atoms with Gasteiger partial charge in [0.15, 0.2) is 0 Å². The molecular weight excluding hydrogens is 292 g/mol. The molecule has 0 atom stereocenters. The largest absolute Gasteiger partial charge is 0.464 e. The monoisotopic (exact) mass is 319 g/mol. The molecular formula is C16H27F2NOS. The predicted molar refractivity (Wildman–Crippen MR) is 85.6 cm³/mol. The highest BCUT2D eigenvalue weighted by Crippen LogP contribution is 2.21. The van der Waals surface area contributed by atoms with Crippen molar-refractivity contribution in [1.29, 1.82) is 0 Å². The molecule has 0 saturated heterocycles. The maximum atomic E-state index is 12.1. The summed E-state index contributed by atoms with van der Waals surface area (Å²) in [7, 11) is 0. The van der Waals surface area contributed by atoms with E-state index < -0.39 is 5.76 Å². The van der Waals surface area contributed by atoms with Gasteiger partial charge in [-0.2, -0.15) is 8.78 Å². The fourth-order valence-electron chi connectivity index (χ4n) is 2.11. The minimum absolute atomic E-state index is 0.230. The summed E-state index contributed by atoms with van der Waals surface area (Å²) >= 11 is 0.592. The maximum absolute atomic E-state index is 12.1. The van der Waals surface area contributed by atoms with Crippen molar-refractivity contribution in [2.45, 2.75) is 64.0 Å². The second-order valence-electron chi connectivity index (χ2n) is 5.71. The second-order valence-corrected chi connectivity index (χ2v) is 6.69. The molecule has 0 bridgehead atoms. The molecule has 0 aliphatic carbocycles. The van der Waals surface area contributed by atoms with E-state index in [4.69, 9.17) is 4.42 Å². The highest BCUT2D eigenvalue weighted by atomic mass is 32.2. The van der Waals surface area contributed by atoms with Crippen molar-refractivity contribution >= 4 is 11.8 Å². The van der Waals surface area contributed by atoms with Gasteiger partial charge in [-0.3, -0.25) is 0 Å². The third-order valence-corrected chi connectivity index (χ3v) is 3.96. The summed E-state index contributed by atoms with van der Waals surface area (Å²) in [5, 5.41) is 3.33. The minimum Gasteiger partial charge on any atom is -0.464 e. The summed E-state index contributed by atoms with van der Waals surface area (Å²) < 4.78 is 29.6. The SMILES string of the molecule is CC(C)CCCCCCNCc1ccc(CSC(F)F)o1. The highest BCUT2D eigenvalue weighted by Gasteiger charge is 2.07. The molecule has 2 nitrogen and oxygen atoms in total. The summed E-state index contributed by atoms with van der Waals surface area (Å²) in [4.78, 5) is 0. The average molecular weight is 319 g/mol. The Bertz CT molecular complexity index is 369. The van der Waals surface area contributed by atoms with Crippen molar-refractivity contribution < 1.29 is 13.2 Å². The van der Waals surface area contributed by atoms with Crippen LogP contribution in [0.3, 0.4) is 0 Å². The number of halogens is 2. The van der Waals surface area contributed by atoms with Crippen LogP contribution in [0.15, 0.2) is 16.5 Å². The Morgan fingerprint density at radius 2 is 1.81 bits per heavy atom. The number of nitrogens with one attached hydrogen (secondary N) is 1. The Labute approximate surface area is 131 Å². The molecule has 1 rings (SSSR count). The van der Waals surface area contributed by atoms with Gasteiger partial charge in [0.1, 0.15) is 11.5 Å². The normalized spacial score (nSPS) is 11.7. The Morgan fingerprint density at radius 3 is 2.52 bits per heavy atom. The smallest absolute Gasteiger partial charge is 0.284 e. The third-order valence-electron chi connectivity index (χ3n) is 3.25. The van der Waals surface area contributed by atoms with Gasteiger partial charge in [-0.05, 0) is 31.0 Å². The van der Waals surface area contributed by atoms with Crippen LogP contribution in [0.4, 0.5) is 8.78 Å². The lowest BCUT2D eigenvalue weighted by molar-refractivity contribution is 0.251. The van der Waals surface area contributed by atoms with Gasteiger partial charge in [-0.15, -0.1) is 0 Å². The topological polar surface area (TPSA) is 25.2 Å². The predicted octanol–water partition coefficient (Wildman–Crippen LogP) is 5.43. The number of hydrogen-bond acceptors (Lipinski definition) is 3. The van der Waals surface area contributed by atoms with Gasteiger partial charge < -0.3 is 9.73 Å². The molecule has 5 heteroatoms. The van der Waals surface area contributed by atoms with Crippen LogP contribution < -0.4 is 5.32 Å². The van der Waals surface area contributed by atoms with Crippen LogP contribution >= 0.6 is 11.8 Å². The van der Waals surface area contributed by atoms with Crippen molar-refractivity contribution in [3.05, 3.63) is 23.7 Å². The van der Waals surface area contributed by atoms with Crippen molar-refractivity contribution in [3.8, 4) is 0 Å². The average Bonchev–Trinajstić information content (AvgIpc) is 2.87. The van der Waals surface area contributed by atoms with E-state index in [2.05, 4.69) is 19.2 Å². The van der Waals surface area contributed by atoms with Crippen molar-refractivity contribution in [3.63, 3.8) is 0 Å². The first kappa shape index (κ1) is 18.5. The zero-order valence-electron chi connectivity index (χ0n) is 13.0. The lowest BCUT2D eigenvalue weighted by Gasteiger charge is -2.05. The Balaban J connectivity index is 2.00. The van der Waals surface area contributed by atoms with Crippen LogP contribution in [-0.4, -0.2) is 12.3 Å². The van der Waals surface area contributed by atoms with Crippen molar-refractivity contribution in [2.75, 3.05) is 6.54 Å². The summed E-state index contributed by atoms with van der Waals surface area (Å²) in [6.45, 7) is 6.17. The van der Waals surface area contributed by atoms with Gasteiger partial charge >= 0.3 is 0 Å². The van der Waals surface area contributed by atoms with E-state index in [1.807, 2.05) is 6.07 Å². The number of rotatable bonds is 12. The van der Waals surface area contributed by atoms with Crippen LogP contribution in [-0.2, 0) is 12.3 Å². The molecule has 0 fully saturated rings. The number of thioether (sulfide) groups is 1. The number of unbranched alkanes of at least 4 members (excludes halogenated alkanes) is 3. The van der Waals surface area contributed by atoms with E-state index in [0.717, 1.165) is 18.2 Å². The van der Waals surface area contributed by atoms with Crippen LogP contribution in [0.5, 0.6) is 0 Å². The van der Waals surface area contributed by atoms with Gasteiger partial charge in [-0.25, -0.2) is 0 Å². The molecule has 0 aliphatic rings. The van der Waals surface area contributed by atoms with E-state index in [0.29, 0.717) is 24.1 Å². The molecule has 1 aromatic rings. The second kappa shape index (κ2) is 11.1. The molecule has 21 heavy (non-hydrogen) atoms. The maximum Gasteiger partial charge on any atom is 0.284 e. The first-order chi connectivity index (χ1) is 10.1. The molecule has 0 saturated carbocycles. The van der Waals surface area contributed by atoms with Crippen molar-refractivity contribution in [1.82, 2.24) is 5.32 Å². The first-order valence-electron chi connectivity index (χ1n) is 7.76. The zero-order valence-corrected chi connectivity index (χ0v) is 13.9. The molecule has 122 valence electrons. The first-order valence-corrected chi connectivity index (χ1v) is 8.81. The summed E-state index contributed by atoms with van der Waals surface area (Å²) in [6.07, 6.45) is 6.37. The van der Waals surface area contributed by atoms with E-state index in [1.165, 1.54) is 32.1 Å². The minimum atomic E-state index is -2.34. The Kier molecular flexibility index (Phi) is 9.76. The van der Waals surface area contributed by atoms with E-state index in [9.17, 15) is 8.78 Å². The highest BCUT2D eigenvalue weighted by molar-refractivity contribution is 7.98. The zero-order chi connectivity index (χ0) is 15.5. The number of furan rings is 1. The standard InChI is InChI=1S/C16H27F2NOS/c1-13(2)7-5-3-4-6-10-19-11-14-8-9-15(20-14)12-21-16(17)18/h8-9,13,16,19H,3-7,10-12H2,1-2H3. The molecule has 0 aliphatic heterocycles. The van der Waals surface area contributed by atoms with Crippen LogP contribution in [0, 0.1) is 5.92 Å². The lowest BCUT2D eigenvalue weighted by Crippen LogP contribution is -2.14. The Hall–Kier alpha value is -0.550. The van der Waals surface area contributed by atoms with E-state index >= 15 is 0 Å². The molecule has 0 radical (unpaired) electrons. The fourth-order valence-corrected chi connectivity index (χ4v) is 2.55. The summed E-state index contributed by atoms with van der Waals surface area (Å²) in [6, 6.07) is 3.63. The van der Waals surface area contributed by atoms with Gasteiger partial charge in [0.2, 0.25) is 0 Å². The third kappa shape index (κ3) is 9.91. The Morgan fingerprint density at radius 1 is 1.10 bits per heavy atom. The number of alkyl halides is 2. The van der Waals surface area contributed by atoms with Crippen LogP contribution in [0.1, 0.15) is 57.5 Å². The summed E-state index contributed by atoms with van der Waals surface area (Å²) in [5.41, 5.74) is 0. The van der Waals surface area contributed by atoms with Gasteiger partial charge in [-0.1, -0.05) is 51.3 Å². The molecule has 1 heterocycles. The molecule has 1 N–H and O–H groups in total. The number of hydrogen-bond donors (Lipinski definition) is 1. The van der Waals surface area contributed by atoms with Crippen molar-refractivity contribution in [2.24, 2.45) is 5.92 Å². The van der Waals surface area contributed by atoms with Crippen LogP contribution in [0.25, 0.3) is 0 Å². The van der Waals surface area contributed by atoms with E-state index in [-0.39, 0.29) is 5.75 Å². The quantitative estimate of drug-likeness (QED) is 0.520. The summed E-state index contributed by atoms with van der Waals surface area (Å²) in [5.74, 6) is 0.130. The molecule has 0 unspecified atom stereocenters. The fraction of sp³-hybridized carbons (Fsp3) is 0.750. The van der Waals surface area contributed by atoms with Crippen LogP contribution in [0.2, 0.25) is 0 Å². The van der Waals surface area contributed by atoms with Gasteiger partial charge in [0.05, 0.1) is 12.3 Å². The molecule has 0 amide bonds. The molecule has 1 aromatic heterocycles.